The van der Waals surface area contributed by atoms with Gasteiger partial charge in [-0.1, -0.05) is 41.5 Å². The van der Waals surface area contributed by atoms with Gasteiger partial charge in [-0.3, -0.25) is 0 Å². The molecule has 2 N–H and O–H groups in total. The van der Waals surface area contributed by atoms with E-state index in [1.54, 1.807) is 0 Å². The van der Waals surface area contributed by atoms with E-state index in [0.29, 0.717) is 17.2 Å². The minimum atomic E-state index is 0.265. The second-order valence-electron chi connectivity index (χ2n) is 6.41. The van der Waals surface area contributed by atoms with Gasteiger partial charge in [0, 0.05) is 16.3 Å². The number of rotatable bonds is 6. The molecule has 0 amide bonds. The van der Waals surface area contributed by atoms with Crippen molar-refractivity contribution >= 4 is 10.8 Å². The Bertz CT molecular complexity index is 754. The summed E-state index contributed by atoms with van der Waals surface area (Å²) in [7, 11) is 0. The van der Waals surface area contributed by atoms with E-state index in [0.717, 1.165) is 30.4 Å². The average Bonchev–Trinajstić information content (AvgIpc) is 2.52. The van der Waals surface area contributed by atoms with Gasteiger partial charge >= 0.3 is 0 Å². The van der Waals surface area contributed by atoms with E-state index in [4.69, 9.17) is 0 Å². The molecule has 0 saturated heterocycles. The normalized spacial score (nSPS) is 11.9. The number of benzene rings is 2. The molecule has 0 atom stereocenters. The van der Waals surface area contributed by atoms with Crippen molar-refractivity contribution in [2.24, 2.45) is 0 Å². The molecule has 2 nitrogen and oxygen atoms in total. The molecule has 0 unspecified atom stereocenters. The third-order valence-corrected chi connectivity index (χ3v) is 4.36. The van der Waals surface area contributed by atoms with E-state index in [-0.39, 0.29) is 11.5 Å². The first-order valence-electron chi connectivity index (χ1n) is 8.14. The highest BCUT2D eigenvalue weighted by Gasteiger charge is 2.14. The fourth-order valence-electron chi connectivity index (χ4n) is 2.88. The summed E-state index contributed by atoms with van der Waals surface area (Å²) in [4.78, 5) is 0. The predicted molar refractivity (Wildman–Crippen MR) is 98.1 cm³/mol. The Balaban J connectivity index is 2.25. The third-order valence-electron chi connectivity index (χ3n) is 4.36. The molecule has 2 rings (SSSR count). The summed E-state index contributed by atoms with van der Waals surface area (Å²) in [6.45, 7) is 9.96. The maximum absolute atomic E-state index is 10.6. The lowest BCUT2D eigenvalue weighted by Crippen LogP contribution is -1.93. The molecule has 2 aromatic rings. The highest BCUT2D eigenvalue weighted by atomic mass is 16.3. The van der Waals surface area contributed by atoms with Crippen molar-refractivity contribution < 1.29 is 10.2 Å². The SMILES string of the molecule is C=C(C)CCC/C(C)=C/Cc1c(C)c(O)c2ccccc2c1O. The number of phenols is 2. The molecule has 0 aliphatic carbocycles. The van der Waals surface area contributed by atoms with Gasteiger partial charge in [0.05, 0.1) is 0 Å². The molecule has 0 bridgehead atoms. The molecule has 2 aromatic carbocycles. The summed E-state index contributed by atoms with van der Waals surface area (Å²) in [5.41, 5.74) is 4.08. The predicted octanol–water partition coefficient (Wildman–Crippen LogP) is 5.79. The fraction of sp³-hybridized carbons (Fsp3) is 0.333. The van der Waals surface area contributed by atoms with Gasteiger partial charge < -0.3 is 10.2 Å². The van der Waals surface area contributed by atoms with Gasteiger partial charge in [-0.15, -0.1) is 6.58 Å². The first-order valence-corrected chi connectivity index (χ1v) is 8.14. The Labute approximate surface area is 138 Å². The van der Waals surface area contributed by atoms with Crippen molar-refractivity contribution in [2.75, 3.05) is 0 Å². The first kappa shape index (κ1) is 17.1. The molecule has 0 radical (unpaired) electrons. The quantitative estimate of drug-likeness (QED) is 0.523. The maximum atomic E-state index is 10.6. The lowest BCUT2D eigenvalue weighted by atomic mass is 9.95. The molecular weight excluding hydrogens is 284 g/mol. The molecule has 0 heterocycles. The second kappa shape index (κ2) is 7.36. The van der Waals surface area contributed by atoms with Crippen LogP contribution < -0.4 is 0 Å². The zero-order valence-corrected chi connectivity index (χ0v) is 14.3. The largest absolute Gasteiger partial charge is 0.507 e. The summed E-state index contributed by atoms with van der Waals surface area (Å²) < 4.78 is 0. The van der Waals surface area contributed by atoms with Crippen LogP contribution in [0.1, 0.15) is 44.2 Å². The van der Waals surface area contributed by atoms with E-state index >= 15 is 0 Å². The van der Waals surface area contributed by atoms with Gasteiger partial charge in [0.1, 0.15) is 11.5 Å². The summed E-state index contributed by atoms with van der Waals surface area (Å²) >= 11 is 0. The van der Waals surface area contributed by atoms with E-state index in [9.17, 15) is 10.2 Å². The second-order valence-corrected chi connectivity index (χ2v) is 6.41. The minimum Gasteiger partial charge on any atom is -0.507 e. The smallest absolute Gasteiger partial charge is 0.127 e. The topological polar surface area (TPSA) is 40.5 Å². The molecular formula is C21H26O2. The summed E-state index contributed by atoms with van der Waals surface area (Å²) in [6, 6.07) is 7.42. The van der Waals surface area contributed by atoms with E-state index in [2.05, 4.69) is 26.5 Å². The van der Waals surface area contributed by atoms with Gasteiger partial charge in [-0.05, 0) is 52.0 Å². The Morgan fingerprint density at radius 3 is 2.26 bits per heavy atom. The maximum Gasteiger partial charge on any atom is 0.127 e. The van der Waals surface area contributed by atoms with Gasteiger partial charge in [0.25, 0.3) is 0 Å². The monoisotopic (exact) mass is 310 g/mol. The Hall–Kier alpha value is -2.22. The minimum absolute atomic E-state index is 0.265. The Morgan fingerprint density at radius 2 is 1.65 bits per heavy atom. The molecule has 0 spiro atoms. The molecule has 0 aromatic heterocycles. The van der Waals surface area contributed by atoms with Crippen LogP contribution in [0.4, 0.5) is 0 Å². The van der Waals surface area contributed by atoms with Crippen LogP contribution >= 0.6 is 0 Å². The summed E-state index contributed by atoms with van der Waals surface area (Å²) in [5.74, 6) is 0.545. The standard InChI is InChI=1S/C21H26O2/c1-14(2)8-7-9-15(3)12-13-17-16(4)20(22)18-10-5-6-11-19(18)21(17)23/h5-6,10-12,22-23H,1,7-9,13H2,2-4H3/b15-12+. The van der Waals surface area contributed by atoms with Gasteiger partial charge in [0.2, 0.25) is 0 Å². The highest BCUT2D eigenvalue weighted by Crippen LogP contribution is 2.39. The molecule has 23 heavy (non-hydrogen) atoms. The lowest BCUT2D eigenvalue weighted by molar-refractivity contribution is 0.461. The van der Waals surface area contributed by atoms with Crippen LogP contribution in [0.15, 0.2) is 48.1 Å². The van der Waals surface area contributed by atoms with E-state index < -0.39 is 0 Å². The molecule has 0 saturated carbocycles. The number of hydrogen-bond acceptors (Lipinski definition) is 2. The molecule has 0 fully saturated rings. The van der Waals surface area contributed by atoms with Gasteiger partial charge in [-0.2, -0.15) is 0 Å². The zero-order chi connectivity index (χ0) is 17.0. The third kappa shape index (κ3) is 3.95. The van der Waals surface area contributed by atoms with Crippen LogP contribution in [-0.4, -0.2) is 10.2 Å². The van der Waals surface area contributed by atoms with Crippen molar-refractivity contribution in [3.05, 3.63) is 59.2 Å². The van der Waals surface area contributed by atoms with Crippen LogP contribution in [0.25, 0.3) is 10.8 Å². The molecule has 122 valence electrons. The fourth-order valence-corrected chi connectivity index (χ4v) is 2.88. The van der Waals surface area contributed by atoms with Crippen LogP contribution in [-0.2, 0) is 6.42 Å². The Morgan fingerprint density at radius 1 is 1.04 bits per heavy atom. The summed E-state index contributed by atoms with van der Waals surface area (Å²) in [5, 5.41) is 22.4. The van der Waals surface area contributed by atoms with Crippen molar-refractivity contribution in [1.82, 2.24) is 0 Å². The number of aromatic hydroxyl groups is 2. The summed E-state index contributed by atoms with van der Waals surface area (Å²) in [6.07, 6.45) is 5.97. The number of phenolic OH excluding ortho intramolecular Hbond substituents is 2. The van der Waals surface area contributed by atoms with E-state index in [1.807, 2.05) is 31.2 Å². The molecule has 0 aliphatic rings. The zero-order valence-electron chi connectivity index (χ0n) is 14.3. The Kier molecular flexibility index (Phi) is 5.49. The molecule has 0 aliphatic heterocycles. The van der Waals surface area contributed by atoms with Crippen molar-refractivity contribution in [3.63, 3.8) is 0 Å². The van der Waals surface area contributed by atoms with Crippen LogP contribution in [0, 0.1) is 6.92 Å². The first-order chi connectivity index (χ1) is 10.9. The highest BCUT2D eigenvalue weighted by molar-refractivity contribution is 5.95. The number of fused-ring (bicyclic) bond motifs is 1. The van der Waals surface area contributed by atoms with Crippen molar-refractivity contribution in [2.45, 2.75) is 46.5 Å². The van der Waals surface area contributed by atoms with Crippen molar-refractivity contribution in [1.29, 1.82) is 0 Å². The van der Waals surface area contributed by atoms with Crippen LogP contribution in [0.5, 0.6) is 11.5 Å². The van der Waals surface area contributed by atoms with Crippen LogP contribution in [0.3, 0.4) is 0 Å². The molecule has 2 heteroatoms. The van der Waals surface area contributed by atoms with E-state index in [1.165, 1.54) is 11.1 Å². The number of allylic oxidation sites excluding steroid dienone is 3. The van der Waals surface area contributed by atoms with Gasteiger partial charge in [-0.25, -0.2) is 0 Å². The number of hydrogen-bond donors (Lipinski definition) is 2. The average molecular weight is 310 g/mol. The van der Waals surface area contributed by atoms with Crippen molar-refractivity contribution in [3.8, 4) is 11.5 Å². The lowest BCUT2D eigenvalue weighted by Gasteiger charge is -2.13. The van der Waals surface area contributed by atoms with Gasteiger partial charge in [0.15, 0.2) is 0 Å². The van der Waals surface area contributed by atoms with Crippen LogP contribution in [0.2, 0.25) is 0 Å².